The van der Waals surface area contributed by atoms with Crippen LogP contribution in [0.1, 0.15) is 24.4 Å². The van der Waals surface area contributed by atoms with Crippen LogP contribution in [-0.2, 0) is 19.5 Å². The molecule has 2 heterocycles. The van der Waals surface area contributed by atoms with Gasteiger partial charge in [-0.1, -0.05) is 25.1 Å². The molecule has 0 aliphatic heterocycles. The molecular formula is C12H18N4S. The molecule has 0 fully saturated rings. The first kappa shape index (κ1) is 12.3. The molecule has 17 heavy (non-hydrogen) atoms. The Morgan fingerprint density at radius 2 is 2.35 bits per heavy atom. The van der Waals surface area contributed by atoms with Crippen LogP contribution in [0, 0.1) is 0 Å². The van der Waals surface area contributed by atoms with E-state index >= 15 is 0 Å². The van der Waals surface area contributed by atoms with Crippen molar-refractivity contribution in [2.24, 2.45) is 0 Å². The van der Waals surface area contributed by atoms with E-state index in [1.165, 1.54) is 4.88 Å². The first-order valence-electron chi connectivity index (χ1n) is 5.89. The van der Waals surface area contributed by atoms with E-state index in [1.54, 1.807) is 11.3 Å². The molecule has 0 saturated heterocycles. The quantitative estimate of drug-likeness (QED) is 0.853. The van der Waals surface area contributed by atoms with E-state index in [1.807, 2.05) is 10.9 Å². The predicted octanol–water partition coefficient (Wildman–Crippen LogP) is 2.08. The highest BCUT2D eigenvalue weighted by Crippen LogP contribution is 2.09. The van der Waals surface area contributed by atoms with Gasteiger partial charge in [0.15, 0.2) is 0 Å². The zero-order valence-corrected chi connectivity index (χ0v) is 11.1. The fourth-order valence-electron chi connectivity index (χ4n) is 1.52. The highest BCUT2D eigenvalue weighted by atomic mass is 32.1. The number of nitrogens with one attached hydrogen (secondary N) is 1. The zero-order valence-electron chi connectivity index (χ0n) is 10.3. The largest absolute Gasteiger partial charge is 0.309 e. The molecular weight excluding hydrogens is 232 g/mol. The Morgan fingerprint density at radius 1 is 1.47 bits per heavy atom. The van der Waals surface area contributed by atoms with Gasteiger partial charge in [-0.05, 0) is 11.4 Å². The number of hydrogen-bond acceptors (Lipinski definition) is 4. The maximum absolute atomic E-state index is 4.14. The highest BCUT2D eigenvalue weighted by molar-refractivity contribution is 7.09. The van der Waals surface area contributed by atoms with Crippen molar-refractivity contribution in [2.45, 2.75) is 39.4 Å². The Morgan fingerprint density at radius 3 is 3.06 bits per heavy atom. The van der Waals surface area contributed by atoms with Crippen LogP contribution in [0.4, 0.5) is 0 Å². The van der Waals surface area contributed by atoms with E-state index in [0.717, 1.165) is 25.2 Å². The molecule has 1 N–H and O–H groups in total. The summed E-state index contributed by atoms with van der Waals surface area (Å²) in [5.41, 5.74) is 1.00. The number of rotatable bonds is 6. The van der Waals surface area contributed by atoms with Crippen molar-refractivity contribution in [1.29, 1.82) is 0 Å². The second-order valence-electron chi connectivity index (χ2n) is 4.34. The second kappa shape index (κ2) is 5.93. The maximum atomic E-state index is 4.14. The van der Waals surface area contributed by atoms with Gasteiger partial charge in [-0.25, -0.2) is 0 Å². The lowest BCUT2D eigenvalue weighted by Gasteiger charge is -2.04. The molecule has 2 rings (SSSR count). The fourth-order valence-corrected chi connectivity index (χ4v) is 2.22. The molecule has 2 aromatic rings. The van der Waals surface area contributed by atoms with Gasteiger partial charge in [0.25, 0.3) is 0 Å². The lowest BCUT2D eigenvalue weighted by atomic mass is 10.3. The lowest BCUT2D eigenvalue weighted by molar-refractivity contribution is 0.579. The van der Waals surface area contributed by atoms with Gasteiger partial charge in [0.2, 0.25) is 0 Å². The summed E-state index contributed by atoms with van der Waals surface area (Å²) in [6.45, 7) is 5.94. The van der Waals surface area contributed by atoms with Crippen LogP contribution in [-0.4, -0.2) is 21.0 Å². The SMILES string of the molecule is CC(C)NCc1cn(CCc2cccs2)nn1. The molecule has 0 aliphatic rings. The van der Waals surface area contributed by atoms with Crippen molar-refractivity contribution in [2.75, 3.05) is 0 Å². The number of thiophene rings is 1. The second-order valence-corrected chi connectivity index (χ2v) is 5.37. The summed E-state index contributed by atoms with van der Waals surface area (Å²) in [7, 11) is 0. The monoisotopic (exact) mass is 250 g/mol. The van der Waals surface area contributed by atoms with Crippen molar-refractivity contribution < 1.29 is 0 Å². The van der Waals surface area contributed by atoms with E-state index in [4.69, 9.17) is 0 Å². The Balaban J connectivity index is 1.81. The van der Waals surface area contributed by atoms with E-state index in [-0.39, 0.29) is 0 Å². The summed E-state index contributed by atoms with van der Waals surface area (Å²) in [6, 6.07) is 4.72. The van der Waals surface area contributed by atoms with Gasteiger partial charge in [0.05, 0.1) is 5.69 Å². The summed E-state index contributed by atoms with van der Waals surface area (Å²) in [4.78, 5) is 1.39. The third kappa shape index (κ3) is 3.94. The van der Waals surface area contributed by atoms with Gasteiger partial charge in [0, 0.05) is 36.6 Å². The smallest absolute Gasteiger partial charge is 0.0964 e. The molecule has 92 valence electrons. The average molecular weight is 250 g/mol. The Bertz CT molecular complexity index is 433. The molecule has 0 bridgehead atoms. The van der Waals surface area contributed by atoms with Crippen molar-refractivity contribution in [1.82, 2.24) is 20.3 Å². The van der Waals surface area contributed by atoms with Crippen molar-refractivity contribution in [3.63, 3.8) is 0 Å². The van der Waals surface area contributed by atoms with Crippen LogP contribution in [0.15, 0.2) is 23.7 Å². The highest BCUT2D eigenvalue weighted by Gasteiger charge is 2.02. The Hall–Kier alpha value is -1.20. The lowest BCUT2D eigenvalue weighted by Crippen LogP contribution is -2.21. The normalized spacial score (nSPS) is 11.2. The first-order valence-corrected chi connectivity index (χ1v) is 6.77. The minimum Gasteiger partial charge on any atom is -0.309 e. The molecule has 0 aliphatic carbocycles. The third-order valence-corrected chi connectivity index (χ3v) is 3.38. The fraction of sp³-hybridized carbons (Fsp3) is 0.500. The summed E-state index contributed by atoms with van der Waals surface area (Å²) < 4.78 is 1.91. The van der Waals surface area contributed by atoms with E-state index in [0.29, 0.717) is 6.04 Å². The standard InChI is InChI=1S/C12H18N4S/c1-10(2)13-8-11-9-16(15-14-11)6-5-12-4-3-7-17-12/h3-4,7,9-10,13H,5-6,8H2,1-2H3. The van der Waals surface area contributed by atoms with Crippen molar-refractivity contribution >= 4 is 11.3 Å². The number of nitrogens with zero attached hydrogens (tertiary/aromatic N) is 3. The Kier molecular flexibility index (Phi) is 4.28. The predicted molar refractivity (Wildman–Crippen MR) is 70.0 cm³/mol. The molecule has 0 radical (unpaired) electrons. The number of aromatic nitrogens is 3. The van der Waals surface area contributed by atoms with E-state index in [9.17, 15) is 0 Å². The van der Waals surface area contributed by atoms with Gasteiger partial charge < -0.3 is 5.32 Å². The summed E-state index contributed by atoms with van der Waals surface area (Å²) in [5, 5.41) is 13.7. The average Bonchev–Trinajstić information content (AvgIpc) is 2.95. The van der Waals surface area contributed by atoms with Gasteiger partial charge in [-0.2, -0.15) is 0 Å². The topological polar surface area (TPSA) is 42.7 Å². The van der Waals surface area contributed by atoms with Crippen molar-refractivity contribution in [3.05, 3.63) is 34.3 Å². The van der Waals surface area contributed by atoms with Crippen LogP contribution in [0.3, 0.4) is 0 Å². The molecule has 0 spiro atoms. The van der Waals surface area contributed by atoms with Crippen LogP contribution >= 0.6 is 11.3 Å². The van der Waals surface area contributed by atoms with Gasteiger partial charge in [-0.15, -0.1) is 16.4 Å². The van der Waals surface area contributed by atoms with Gasteiger partial charge in [0.1, 0.15) is 0 Å². The van der Waals surface area contributed by atoms with Crippen LogP contribution in [0.2, 0.25) is 0 Å². The van der Waals surface area contributed by atoms with E-state index in [2.05, 4.69) is 47.0 Å². The van der Waals surface area contributed by atoms with Crippen LogP contribution in [0.25, 0.3) is 0 Å². The molecule has 0 unspecified atom stereocenters. The molecule has 4 nitrogen and oxygen atoms in total. The number of hydrogen-bond donors (Lipinski definition) is 1. The maximum Gasteiger partial charge on any atom is 0.0964 e. The number of aryl methyl sites for hydroxylation is 2. The molecule has 2 aromatic heterocycles. The molecule has 0 saturated carbocycles. The van der Waals surface area contributed by atoms with Crippen LogP contribution < -0.4 is 5.32 Å². The third-order valence-electron chi connectivity index (χ3n) is 2.44. The summed E-state index contributed by atoms with van der Waals surface area (Å²) in [6.07, 6.45) is 3.04. The summed E-state index contributed by atoms with van der Waals surface area (Å²) >= 11 is 1.79. The molecule has 0 atom stereocenters. The minimum absolute atomic E-state index is 0.478. The van der Waals surface area contributed by atoms with Gasteiger partial charge in [-0.3, -0.25) is 4.68 Å². The minimum atomic E-state index is 0.478. The Labute approximate surface area is 106 Å². The molecule has 0 aromatic carbocycles. The van der Waals surface area contributed by atoms with Gasteiger partial charge >= 0.3 is 0 Å². The first-order chi connectivity index (χ1) is 8.24. The zero-order chi connectivity index (χ0) is 12.1. The molecule has 5 heteroatoms. The van der Waals surface area contributed by atoms with Crippen molar-refractivity contribution in [3.8, 4) is 0 Å². The van der Waals surface area contributed by atoms with Crippen LogP contribution in [0.5, 0.6) is 0 Å². The molecule has 0 amide bonds. The summed E-state index contributed by atoms with van der Waals surface area (Å²) in [5.74, 6) is 0. The van der Waals surface area contributed by atoms with E-state index < -0.39 is 0 Å².